The summed E-state index contributed by atoms with van der Waals surface area (Å²) in [7, 11) is 0. The minimum atomic E-state index is -0.611. The number of fused-ring (bicyclic) bond motifs is 3. The molecule has 0 N–H and O–H groups in total. The second-order valence-corrected chi connectivity index (χ2v) is 19.6. The van der Waals surface area contributed by atoms with Gasteiger partial charge in [-0.3, -0.25) is 0 Å². The predicted octanol–water partition coefficient (Wildman–Crippen LogP) is 18.6. The number of ether oxygens (including phenoxy) is 1. The molecule has 0 saturated heterocycles. The smallest absolute Gasteiger partial charge is 0.127 e. The van der Waals surface area contributed by atoms with Gasteiger partial charge in [-0.2, -0.15) is 0 Å². The summed E-state index contributed by atoms with van der Waals surface area (Å²) in [5.41, 5.74) is 17.6. The maximum atomic E-state index is 6.61. The number of hydrogen-bond acceptors (Lipinski definition) is 2. The number of nitrogens with zero attached hydrogens (tertiary/aromatic N) is 1. The lowest BCUT2D eigenvalue weighted by molar-refractivity contribution is 0.407. The van der Waals surface area contributed by atoms with Gasteiger partial charge in [0.25, 0.3) is 0 Å². The maximum Gasteiger partial charge on any atom is 0.127 e. The van der Waals surface area contributed by atoms with E-state index in [1.165, 1.54) is 73.2 Å². The molecule has 0 saturated carbocycles. The van der Waals surface area contributed by atoms with Crippen molar-refractivity contribution in [3.05, 3.63) is 258 Å². The second kappa shape index (κ2) is 19.1. The monoisotopic (exact) mass is 883 g/mol. The van der Waals surface area contributed by atoms with Crippen molar-refractivity contribution in [1.29, 1.82) is 0 Å². The molecule has 0 amide bonds. The van der Waals surface area contributed by atoms with Crippen molar-refractivity contribution in [2.45, 2.75) is 65.2 Å². The highest BCUT2D eigenvalue weighted by Crippen LogP contribution is 2.57. The fourth-order valence-electron chi connectivity index (χ4n) is 10.6. The van der Waals surface area contributed by atoms with Crippen LogP contribution < -0.4 is 9.64 Å². The van der Waals surface area contributed by atoms with Crippen molar-refractivity contribution in [3.63, 3.8) is 0 Å². The van der Waals surface area contributed by atoms with Crippen LogP contribution in [0.1, 0.15) is 93.2 Å². The van der Waals surface area contributed by atoms with Crippen LogP contribution in [0.25, 0.3) is 33.4 Å². The lowest BCUT2D eigenvalue weighted by Crippen LogP contribution is -2.29. The fraction of sp³-hybridized carbons (Fsp3) is 0.182. The molecule has 0 heterocycles. The molecule has 68 heavy (non-hydrogen) atoms. The van der Waals surface area contributed by atoms with Gasteiger partial charge in [-0.15, -0.1) is 0 Å². The van der Waals surface area contributed by atoms with Crippen LogP contribution in [-0.2, 0) is 5.41 Å². The lowest BCUT2D eigenvalue weighted by Gasteiger charge is -2.35. The van der Waals surface area contributed by atoms with Crippen molar-refractivity contribution in [2.75, 3.05) is 4.90 Å². The minimum Gasteiger partial charge on any atom is -0.457 e. The number of benzene rings is 9. The van der Waals surface area contributed by atoms with E-state index in [1.807, 2.05) is 0 Å². The molecule has 0 aliphatic heterocycles. The van der Waals surface area contributed by atoms with Gasteiger partial charge in [-0.05, 0) is 158 Å². The first-order valence-corrected chi connectivity index (χ1v) is 24.5. The van der Waals surface area contributed by atoms with Crippen molar-refractivity contribution in [3.8, 4) is 44.9 Å². The molecule has 2 unspecified atom stereocenters. The summed E-state index contributed by atoms with van der Waals surface area (Å²) in [6.07, 6.45) is 1.18. The van der Waals surface area contributed by atoms with E-state index in [0.717, 1.165) is 28.6 Å². The fourth-order valence-corrected chi connectivity index (χ4v) is 10.6. The lowest BCUT2D eigenvalue weighted by atomic mass is 9.67. The van der Waals surface area contributed by atoms with Crippen molar-refractivity contribution in [1.82, 2.24) is 0 Å². The van der Waals surface area contributed by atoms with Gasteiger partial charge in [0, 0.05) is 17.1 Å². The third-order valence-electron chi connectivity index (χ3n) is 14.1. The summed E-state index contributed by atoms with van der Waals surface area (Å²) < 4.78 is 6.61. The Bertz CT molecular complexity index is 3010. The summed E-state index contributed by atoms with van der Waals surface area (Å²) in [5.74, 6) is 3.84. The molecular weight excluding hydrogens is 823 g/mol. The Hall–Kier alpha value is -7.42. The minimum absolute atomic E-state index is 0.418. The van der Waals surface area contributed by atoms with Gasteiger partial charge in [0.05, 0.1) is 5.41 Å². The topological polar surface area (TPSA) is 12.5 Å². The summed E-state index contributed by atoms with van der Waals surface area (Å²) >= 11 is 0. The molecule has 336 valence electrons. The molecule has 1 aliphatic rings. The van der Waals surface area contributed by atoms with Crippen LogP contribution in [0.2, 0.25) is 0 Å². The van der Waals surface area contributed by atoms with Crippen LogP contribution in [0.5, 0.6) is 11.5 Å². The average molecular weight is 884 g/mol. The van der Waals surface area contributed by atoms with Crippen LogP contribution in [0.3, 0.4) is 0 Å². The first kappa shape index (κ1) is 44.4. The highest BCUT2D eigenvalue weighted by Gasteiger charge is 2.46. The van der Waals surface area contributed by atoms with E-state index in [2.05, 4.69) is 271 Å². The summed E-state index contributed by atoms with van der Waals surface area (Å²) in [6.45, 7) is 13.8. The van der Waals surface area contributed by atoms with Gasteiger partial charge >= 0.3 is 0 Å². The van der Waals surface area contributed by atoms with Crippen LogP contribution in [0.4, 0.5) is 17.1 Å². The molecule has 0 radical (unpaired) electrons. The predicted molar refractivity (Wildman–Crippen MR) is 287 cm³/mol. The van der Waals surface area contributed by atoms with E-state index in [1.54, 1.807) is 0 Å². The maximum absolute atomic E-state index is 6.61. The Morgan fingerprint density at radius 2 is 0.838 bits per heavy atom. The molecule has 2 heteroatoms. The zero-order valence-electron chi connectivity index (χ0n) is 40.2. The van der Waals surface area contributed by atoms with E-state index in [-0.39, 0.29) is 0 Å². The van der Waals surface area contributed by atoms with E-state index in [0.29, 0.717) is 23.7 Å². The zero-order valence-corrected chi connectivity index (χ0v) is 40.2. The second-order valence-electron chi connectivity index (χ2n) is 19.6. The van der Waals surface area contributed by atoms with Gasteiger partial charge in [-0.1, -0.05) is 205 Å². The molecule has 0 fully saturated rings. The molecule has 0 bridgehead atoms. The van der Waals surface area contributed by atoms with Crippen molar-refractivity contribution >= 4 is 17.1 Å². The quantitative estimate of drug-likeness (QED) is 0.108. The Morgan fingerprint density at radius 3 is 1.35 bits per heavy atom. The van der Waals surface area contributed by atoms with Gasteiger partial charge in [0.2, 0.25) is 0 Å². The van der Waals surface area contributed by atoms with Gasteiger partial charge in [-0.25, -0.2) is 0 Å². The Kier molecular flexibility index (Phi) is 12.4. The van der Waals surface area contributed by atoms with Crippen LogP contribution >= 0.6 is 0 Å². The number of anilines is 3. The average Bonchev–Trinajstić information content (AvgIpc) is 3.67. The molecular formula is C66H61NO. The van der Waals surface area contributed by atoms with E-state index in [4.69, 9.17) is 4.74 Å². The Morgan fingerprint density at radius 1 is 0.397 bits per heavy atom. The largest absolute Gasteiger partial charge is 0.457 e. The van der Waals surface area contributed by atoms with Crippen LogP contribution in [0.15, 0.2) is 224 Å². The van der Waals surface area contributed by atoms with E-state index < -0.39 is 5.41 Å². The molecule has 0 spiro atoms. The SMILES string of the molecule is CC(C)CC(c1ccc(Oc2ccc(C3(c4ccc(C(C)C)cc4)c4ccccc4-c4ccc(N(c5ccc(-c6ccccc6)cc5)c5ccc(-c6ccccc6)cc5)cc43)cc2)cc1)C(C)C. The molecule has 2 nitrogen and oxygen atoms in total. The highest BCUT2D eigenvalue weighted by atomic mass is 16.5. The van der Waals surface area contributed by atoms with Crippen LogP contribution in [-0.4, -0.2) is 0 Å². The first-order valence-electron chi connectivity index (χ1n) is 24.5. The first-order chi connectivity index (χ1) is 33.2. The molecule has 10 rings (SSSR count). The number of rotatable bonds is 14. The van der Waals surface area contributed by atoms with E-state index >= 15 is 0 Å². The molecule has 9 aromatic rings. The van der Waals surface area contributed by atoms with Crippen LogP contribution in [0, 0.1) is 11.8 Å². The summed E-state index contributed by atoms with van der Waals surface area (Å²) in [5, 5.41) is 0. The number of hydrogen-bond donors (Lipinski definition) is 0. The molecule has 0 aromatic heterocycles. The standard InChI is InChI=1S/C66H61NO/c1-45(2)43-63(47(5)6)53-27-38-59(39-28-53)68-60-40-31-55(32-41-60)66(54-29-21-48(22-30-54)46(3)4)64-20-14-13-19-61(64)62-42-37-58(44-65(62)66)67(56-33-23-51(24-34-56)49-15-9-7-10-16-49)57-35-25-52(26-36-57)50-17-11-8-12-18-50/h7-42,44-47,63H,43H2,1-6H3. The summed E-state index contributed by atoms with van der Waals surface area (Å²) in [4.78, 5) is 2.41. The van der Waals surface area contributed by atoms with Gasteiger partial charge in [0.1, 0.15) is 11.5 Å². The highest BCUT2D eigenvalue weighted by molar-refractivity contribution is 5.90. The van der Waals surface area contributed by atoms with Crippen molar-refractivity contribution < 1.29 is 4.74 Å². The third kappa shape index (κ3) is 8.57. The molecule has 9 aromatic carbocycles. The Labute approximate surface area is 404 Å². The van der Waals surface area contributed by atoms with E-state index in [9.17, 15) is 0 Å². The zero-order chi connectivity index (χ0) is 46.8. The molecule has 1 aliphatic carbocycles. The normalized spacial score (nSPS) is 14.5. The van der Waals surface area contributed by atoms with Gasteiger partial charge < -0.3 is 9.64 Å². The van der Waals surface area contributed by atoms with Gasteiger partial charge in [0.15, 0.2) is 0 Å². The summed E-state index contributed by atoms with van der Waals surface area (Å²) in [6, 6.07) is 82.4. The molecule has 2 atom stereocenters. The van der Waals surface area contributed by atoms with Crippen molar-refractivity contribution in [2.24, 2.45) is 11.8 Å². The third-order valence-corrected chi connectivity index (χ3v) is 14.1. The Balaban J connectivity index is 1.10.